The lowest BCUT2D eigenvalue weighted by molar-refractivity contribution is -0.146. The van der Waals surface area contributed by atoms with Gasteiger partial charge in [-0.15, -0.1) is 0 Å². The van der Waals surface area contributed by atoms with Gasteiger partial charge in [0.2, 0.25) is 0 Å². The molecule has 0 atom stereocenters. The van der Waals surface area contributed by atoms with Crippen LogP contribution in [0.25, 0.3) is 0 Å². The largest absolute Gasteiger partial charge is 0.486 e. The van der Waals surface area contributed by atoms with Gasteiger partial charge in [-0.3, -0.25) is 4.79 Å². The predicted molar refractivity (Wildman–Crippen MR) is 62.5 cm³/mol. The topological polar surface area (TPSA) is 55.8 Å². The standard InChI is InChI=1S/C13H15FO4/c1-13(2,12(15)16)7-8-9(14)3-4-10-11(8)18-6-5-17-10/h3-4H,5-7H2,1-2H3,(H,15,16). The van der Waals surface area contributed by atoms with Crippen molar-refractivity contribution >= 4 is 5.97 Å². The zero-order valence-electron chi connectivity index (χ0n) is 10.3. The molecular weight excluding hydrogens is 239 g/mol. The van der Waals surface area contributed by atoms with Crippen LogP contribution < -0.4 is 9.47 Å². The molecule has 98 valence electrons. The molecule has 5 heteroatoms. The number of ether oxygens (including phenoxy) is 2. The Hall–Kier alpha value is -1.78. The zero-order chi connectivity index (χ0) is 13.3. The van der Waals surface area contributed by atoms with E-state index in [-0.39, 0.29) is 12.0 Å². The minimum atomic E-state index is -1.06. The molecule has 0 aliphatic carbocycles. The van der Waals surface area contributed by atoms with Crippen LogP contribution in [0.5, 0.6) is 11.5 Å². The molecule has 0 fully saturated rings. The lowest BCUT2D eigenvalue weighted by Crippen LogP contribution is -2.27. The SMILES string of the molecule is CC(C)(Cc1c(F)ccc2c1OCCO2)C(=O)O. The van der Waals surface area contributed by atoms with Crippen molar-refractivity contribution in [2.45, 2.75) is 20.3 Å². The molecule has 0 saturated carbocycles. The van der Waals surface area contributed by atoms with Crippen LogP contribution in [0, 0.1) is 11.2 Å². The van der Waals surface area contributed by atoms with Gasteiger partial charge in [0, 0.05) is 5.56 Å². The molecule has 1 aliphatic rings. The Labute approximate surface area is 104 Å². The number of carboxylic acids is 1. The van der Waals surface area contributed by atoms with Crippen molar-refractivity contribution in [1.29, 1.82) is 0 Å². The second-order valence-electron chi connectivity index (χ2n) is 4.92. The number of hydrogen-bond acceptors (Lipinski definition) is 3. The van der Waals surface area contributed by atoms with Crippen molar-refractivity contribution < 1.29 is 23.8 Å². The van der Waals surface area contributed by atoms with Crippen LogP contribution in [0.15, 0.2) is 12.1 Å². The Kier molecular flexibility index (Phi) is 3.15. The number of halogens is 1. The van der Waals surface area contributed by atoms with Gasteiger partial charge < -0.3 is 14.6 Å². The van der Waals surface area contributed by atoms with Crippen molar-refractivity contribution in [3.05, 3.63) is 23.5 Å². The Bertz CT molecular complexity index is 482. The van der Waals surface area contributed by atoms with Crippen LogP contribution in [-0.2, 0) is 11.2 Å². The third-order valence-corrected chi connectivity index (χ3v) is 2.95. The molecule has 0 bridgehead atoms. The fourth-order valence-corrected chi connectivity index (χ4v) is 1.83. The second kappa shape index (κ2) is 4.48. The molecule has 0 unspecified atom stereocenters. The molecule has 0 aromatic heterocycles. The summed E-state index contributed by atoms with van der Waals surface area (Å²) >= 11 is 0. The summed E-state index contributed by atoms with van der Waals surface area (Å²) in [6, 6.07) is 2.78. The van der Waals surface area contributed by atoms with E-state index in [0.29, 0.717) is 24.7 Å². The van der Waals surface area contributed by atoms with E-state index in [1.165, 1.54) is 12.1 Å². The highest BCUT2D eigenvalue weighted by Crippen LogP contribution is 2.38. The van der Waals surface area contributed by atoms with Crippen LogP contribution >= 0.6 is 0 Å². The summed E-state index contributed by atoms with van der Waals surface area (Å²) in [5, 5.41) is 9.10. The average Bonchev–Trinajstić information content (AvgIpc) is 2.32. The maximum Gasteiger partial charge on any atom is 0.309 e. The Morgan fingerprint density at radius 2 is 2.06 bits per heavy atom. The van der Waals surface area contributed by atoms with E-state index in [0.717, 1.165) is 0 Å². The van der Waals surface area contributed by atoms with Crippen molar-refractivity contribution in [3.8, 4) is 11.5 Å². The molecule has 0 spiro atoms. The van der Waals surface area contributed by atoms with Gasteiger partial charge in [-0.25, -0.2) is 4.39 Å². The van der Waals surface area contributed by atoms with Gasteiger partial charge in [0.05, 0.1) is 5.41 Å². The third kappa shape index (κ3) is 2.25. The van der Waals surface area contributed by atoms with E-state index < -0.39 is 17.2 Å². The van der Waals surface area contributed by atoms with Gasteiger partial charge in [-0.1, -0.05) is 0 Å². The number of carboxylic acid groups (broad SMARTS) is 1. The summed E-state index contributed by atoms with van der Waals surface area (Å²) < 4.78 is 24.6. The van der Waals surface area contributed by atoms with Gasteiger partial charge >= 0.3 is 5.97 Å². The van der Waals surface area contributed by atoms with Crippen molar-refractivity contribution in [3.63, 3.8) is 0 Å². The maximum atomic E-state index is 13.8. The predicted octanol–water partition coefficient (Wildman–Crippen LogP) is 2.25. The number of benzene rings is 1. The summed E-state index contributed by atoms with van der Waals surface area (Å²) in [4.78, 5) is 11.1. The molecule has 0 amide bonds. The number of aliphatic carboxylic acids is 1. The molecule has 4 nitrogen and oxygen atoms in total. The summed E-state index contributed by atoms with van der Waals surface area (Å²) in [7, 11) is 0. The van der Waals surface area contributed by atoms with Gasteiger partial charge in [-0.2, -0.15) is 0 Å². The van der Waals surface area contributed by atoms with Crippen LogP contribution in [0.2, 0.25) is 0 Å². The van der Waals surface area contributed by atoms with E-state index in [2.05, 4.69) is 0 Å². The minimum absolute atomic E-state index is 0.0563. The van der Waals surface area contributed by atoms with Gasteiger partial charge in [0.25, 0.3) is 0 Å². The first-order valence-electron chi connectivity index (χ1n) is 5.72. The lowest BCUT2D eigenvalue weighted by atomic mass is 9.85. The first kappa shape index (κ1) is 12.7. The number of hydrogen-bond donors (Lipinski definition) is 1. The average molecular weight is 254 g/mol. The van der Waals surface area contributed by atoms with Crippen LogP contribution in [0.1, 0.15) is 19.4 Å². The van der Waals surface area contributed by atoms with E-state index in [1.807, 2.05) is 0 Å². The Balaban J connectivity index is 2.41. The smallest absolute Gasteiger partial charge is 0.309 e. The van der Waals surface area contributed by atoms with Crippen molar-refractivity contribution in [2.24, 2.45) is 5.41 Å². The Morgan fingerprint density at radius 3 is 2.72 bits per heavy atom. The number of carbonyl (C=O) groups is 1. The van der Waals surface area contributed by atoms with Crippen LogP contribution in [0.4, 0.5) is 4.39 Å². The van der Waals surface area contributed by atoms with Gasteiger partial charge in [-0.05, 0) is 32.4 Å². The monoisotopic (exact) mass is 254 g/mol. The normalized spacial score (nSPS) is 14.4. The summed E-state index contributed by atoms with van der Waals surface area (Å²) in [5.41, 5.74) is -0.795. The lowest BCUT2D eigenvalue weighted by Gasteiger charge is -2.25. The first-order valence-corrected chi connectivity index (χ1v) is 5.72. The van der Waals surface area contributed by atoms with Crippen LogP contribution in [-0.4, -0.2) is 24.3 Å². The van der Waals surface area contributed by atoms with E-state index >= 15 is 0 Å². The van der Waals surface area contributed by atoms with E-state index in [9.17, 15) is 9.18 Å². The fraction of sp³-hybridized carbons (Fsp3) is 0.462. The van der Waals surface area contributed by atoms with Crippen molar-refractivity contribution in [1.82, 2.24) is 0 Å². The second-order valence-corrected chi connectivity index (χ2v) is 4.92. The summed E-state index contributed by atoms with van der Waals surface area (Å²) in [5.74, 6) is -0.640. The molecule has 0 saturated heterocycles. The molecular formula is C13H15FO4. The molecule has 0 radical (unpaired) electrons. The first-order chi connectivity index (χ1) is 8.42. The molecule has 1 aromatic rings. The Morgan fingerprint density at radius 1 is 1.39 bits per heavy atom. The quantitative estimate of drug-likeness (QED) is 0.898. The minimum Gasteiger partial charge on any atom is -0.486 e. The fourth-order valence-electron chi connectivity index (χ4n) is 1.83. The third-order valence-electron chi connectivity index (χ3n) is 2.95. The molecule has 1 heterocycles. The van der Waals surface area contributed by atoms with E-state index in [4.69, 9.17) is 14.6 Å². The van der Waals surface area contributed by atoms with Crippen molar-refractivity contribution in [2.75, 3.05) is 13.2 Å². The summed E-state index contributed by atoms with van der Waals surface area (Å²) in [6.07, 6.45) is 0.0563. The number of fused-ring (bicyclic) bond motifs is 1. The molecule has 1 aromatic carbocycles. The highest BCUT2D eigenvalue weighted by Gasteiger charge is 2.31. The molecule has 1 aliphatic heterocycles. The summed E-state index contributed by atoms with van der Waals surface area (Å²) in [6.45, 7) is 3.87. The highest BCUT2D eigenvalue weighted by molar-refractivity contribution is 5.74. The number of rotatable bonds is 3. The van der Waals surface area contributed by atoms with E-state index in [1.54, 1.807) is 13.8 Å². The van der Waals surface area contributed by atoms with Crippen LogP contribution in [0.3, 0.4) is 0 Å². The van der Waals surface area contributed by atoms with Gasteiger partial charge in [0.15, 0.2) is 11.5 Å². The molecule has 2 rings (SSSR count). The highest BCUT2D eigenvalue weighted by atomic mass is 19.1. The van der Waals surface area contributed by atoms with Gasteiger partial charge in [0.1, 0.15) is 19.0 Å². The maximum absolute atomic E-state index is 13.8. The molecule has 1 N–H and O–H groups in total. The molecule has 18 heavy (non-hydrogen) atoms. The zero-order valence-corrected chi connectivity index (χ0v) is 10.3.